The summed E-state index contributed by atoms with van der Waals surface area (Å²) in [6, 6.07) is 16.0. The molecule has 0 saturated heterocycles. The zero-order valence-corrected chi connectivity index (χ0v) is 14.5. The highest BCUT2D eigenvalue weighted by Gasteiger charge is 2.32. The van der Waals surface area contributed by atoms with Crippen LogP contribution in [-0.4, -0.2) is 5.79 Å². The van der Waals surface area contributed by atoms with Gasteiger partial charge in [-0.2, -0.15) is 0 Å². The van der Waals surface area contributed by atoms with Gasteiger partial charge in [0.15, 0.2) is 0 Å². The lowest BCUT2D eigenvalue weighted by Crippen LogP contribution is -2.36. The number of hydrogen-bond donors (Lipinski definition) is 0. The molecule has 124 valence electrons. The Kier molecular flexibility index (Phi) is 5.11. The van der Waals surface area contributed by atoms with Gasteiger partial charge >= 0.3 is 5.79 Å². The number of unbranched alkanes of at least 4 members (excludes halogenated alkanes) is 4. The molecule has 24 heavy (non-hydrogen) atoms. The van der Waals surface area contributed by atoms with E-state index in [1.54, 1.807) is 0 Å². The molecule has 0 bridgehead atoms. The number of rotatable bonds is 4. The molecule has 0 N–H and O–H groups in total. The van der Waals surface area contributed by atoms with Gasteiger partial charge in [-0.05, 0) is 24.5 Å². The van der Waals surface area contributed by atoms with Gasteiger partial charge in [-0.1, -0.05) is 68.5 Å². The summed E-state index contributed by atoms with van der Waals surface area (Å²) in [6.45, 7) is 4.11. The second-order valence-electron chi connectivity index (χ2n) is 6.25. The topological polar surface area (TPSA) is 18.5 Å². The molecule has 1 heterocycles. The molecule has 0 amide bonds. The van der Waals surface area contributed by atoms with Gasteiger partial charge in [0.05, 0.1) is 0 Å². The Hall–Kier alpha value is -2.40. The van der Waals surface area contributed by atoms with Crippen molar-refractivity contribution in [1.29, 1.82) is 0 Å². The minimum Gasteiger partial charge on any atom is -0.441 e. The van der Waals surface area contributed by atoms with E-state index >= 15 is 0 Å². The highest BCUT2D eigenvalue weighted by atomic mass is 16.7. The van der Waals surface area contributed by atoms with Crippen molar-refractivity contribution in [3.05, 3.63) is 48.5 Å². The van der Waals surface area contributed by atoms with Gasteiger partial charge in [0, 0.05) is 24.5 Å². The first kappa shape index (κ1) is 16.5. The molecule has 0 aliphatic carbocycles. The first-order chi connectivity index (χ1) is 11.7. The number of hydrogen-bond acceptors (Lipinski definition) is 2. The predicted molar refractivity (Wildman–Crippen MR) is 98.1 cm³/mol. The molecule has 0 saturated carbocycles. The maximum absolute atomic E-state index is 6.16. The van der Waals surface area contributed by atoms with Crippen LogP contribution in [0.25, 0.3) is 11.1 Å². The third kappa shape index (κ3) is 3.74. The molecule has 2 aromatic rings. The zero-order chi connectivity index (χ0) is 16.8. The van der Waals surface area contributed by atoms with Gasteiger partial charge in [0.2, 0.25) is 0 Å². The second-order valence-corrected chi connectivity index (χ2v) is 6.25. The van der Waals surface area contributed by atoms with Crippen molar-refractivity contribution >= 4 is 0 Å². The highest BCUT2D eigenvalue weighted by molar-refractivity contribution is 5.76. The number of fused-ring (bicyclic) bond motifs is 3. The van der Waals surface area contributed by atoms with Crippen LogP contribution in [0.4, 0.5) is 0 Å². The minimum absolute atomic E-state index is 0.810. The molecule has 1 aliphatic heterocycles. The fourth-order valence-corrected chi connectivity index (χ4v) is 2.91. The van der Waals surface area contributed by atoms with Gasteiger partial charge in [-0.25, -0.2) is 0 Å². The quantitative estimate of drug-likeness (QED) is 0.522. The molecular weight excluding hydrogens is 296 g/mol. The molecule has 0 atom stereocenters. The van der Waals surface area contributed by atoms with E-state index in [9.17, 15) is 0 Å². The van der Waals surface area contributed by atoms with E-state index < -0.39 is 5.79 Å². The van der Waals surface area contributed by atoms with Crippen LogP contribution in [0.1, 0.15) is 46.0 Å². The normalized spacial score (nSPS) is 14.1. The number of para-hydroxylation sites is 2. The minimum atomic E-state index is -0.965. The molecule has 0 unspecified atom stereocenters. The summed E-state index contributed by atoms with van der Waals surface area (Å²) in [5.41, 5.74) is 2.09. The summed E-state index contributed by atoms with van der Waals surface area (Å²) in [5.74, 6) is 7.10. The van der Waals surface area contributed by atoms with E-state index in [2.05, 4.69) is 30.9 Å². The summed E-state index contributed by atoms with van der Waals surface area (Å²) < 4.78 is 12.3. The molecule has 2 nitrogen and oxygen atoms in total. The maximum atomic E-state index is 6.16. The molecule has 2 aromatic carbocycles. The molecule has 3 rings (SSSR count). The highest BCUT2D eigenvalue weighted by Crippen LogP contribution is 2.41. The van der Waals surface area contributed by atoms with E-state index in [1.165, 1.54) is 19.3 Å². The summed E-state index contributed by atoms with van der Waals surface area (Å²) in [7, 11) is 0. The molecule has 0 radical (unpaired) electrons. The number of benzene rings is 2. The van der Waals surface area contributed by atoms with E-state index in [4.69, 9.17) is 9.47 Å². The summed E-state index contributed by atoms with van der Waals surface area (Å²) in [4.78, 5) is 0. The predicted octanol–water partition coefficient (Wildman–Crippen LogP) is 5.81. The molecule has 0 spiro atoms. The third-order valence-electron chi connectivity index (χ3n) is 4.14. The van der Waals surface area contributed by atoms with Crippen molar-refractivity contribution in [2.45, 2.75) is 51.7 Å². The Bertz CT molecular complexity index is 704. The average Bonchev–Trinajstić information content (AvgIpc) is 2.71. The monoisotopic (exact) mass is 320 g/mol. The second kappa shape index (κ2) is 7.45. The largest absolute Gasteiger partial charge is 0.441 e. The molecular formula is C22H24O2. The Balaban J connectivity index is 1.86. The van der Waals surface area contributed by atoms with Crippen LogP contribution < -0.4 is 9.47 Å². The molecule has 1 aliphatic rings. The third-order valence-corrected chi connectivity index (χ3v) is 4.14. The van der Waals surface area contributed by atoms with Gasteiger partial charge in [0.25, 0.3) is 0 Å². The average molecular weight is 320 g/mol. The van der Waals surface area contributed by atoms with Crippen LogP contribution in [-0.2, 0) is 0 Å². The lowest BCUT2D eigenvalue weighted by molar-refractivity contribution is -0.0418. The fraction of sp³-hybridized carbons (Fsp3) is 0.364. The van der Waals surface area contributed by atoms with E-state index in [0.29, 0.717) is 0 Å². The zero-order valence-electron chi connectivity index (χ0n) is 14.5. The van der Waals surface area contributed by atoms with Crippen LogP contribution in [0, 0.1) is 11.8 Å². The summed E-state index contributed by atoms with van der Waals surface area (Å²) in [6.07, 6.45) is 5.75. The van der Waals surface area contributed by atoms with Gasteiger partial charge in [-0.15, -0.1) is 0 Å². The van der Waals surface area contributed by atoms with Gasteiger partial charge < -0.3 is 9.47 Å². The van der Waals surface area contributed by atoms with Crippen molar-refractivity contribution in [2.75, 3.05) is 0 Å². The standard InChI is InChI=1S/C22H24O2/c1-3-4-5-6-7-12-17-22(2)23-20-15-10-8-13-18(20)19-14-9-11-16-21(19)24-22/h8-11,13-16H,3-7H2,1-2H3. The van der Waals surface area contributed by atoms with Crippen molar-refractivity contribution in [1.82, 2.24) is 0 Å². The first-order valence-corrected chi connectivity index (χ1v) is 8.78. The van der Waals surface area contributed by atoms with Gasteiger partial charge in [-0.3, -0.25) is 0 Å². The van der Waals surface area contributed by atoms with Crippen LogP contribution in [0.15, 0.2) is 48.5 Å². The Morgan fingerprint density at radius 3 is 2.00 bits per heavy atom. The van der Waals surface area contributed by atoms with Crippen LogP contribution in [0.5, 0.6) is 11.5 Å². The van der Waals surface area contributed by atoms with Gasteiger partial charge in [0.1, 0.15) is 11.5 Å². The maximum Gasteiger partial charge on any atom is 0.313 e. The molecule has 0 aromatic heterocycles. The summed E-state index contributed by atoms with van der Waals surface area (Å²) >= 11 is 0. The first-order valence-electron chi connectivity index (χ1n) is 8.78. The van der Waals surface area contributed by atoms with Crippen molar-refractivity contribution in [3.8, 4) is 34.5 Å². The van der Waals surface area contributed by atoms with Crippen molar-refractivity contribution in [2.24, 2.45) is 0 Å². The summed E-state index contributed by atoms with van der Waals surface area (Å²) in [5, 5.41) is 0. The van der Waals surface area contributed by atoms with Crippen LogP contribution in [0.2, 0.25) is 0 Å². The lowest BCUT2D eigenvalue weighted by Gasteiger charge is -2.24. The van der Waals surface area contributed by atoms with E-state index in [-0.39, 0.29) is 0 Å². The van der Waals surface area contributed by atoms with Crippen LogP contribution in [0.3, 0.4) is 0 Å². The fourth-order valence-electron chi connectivity index (χ4n) is 2.91. The Morgan fingerprint density at radius 2 is 1.42 bits per heavy atom. The Morgan fingerprint density at radius 1 is 0.833 bits per heavy atom. The SMILES string of the molecule is CCCCCCC#CC1(C)Oc2ccccc2-c2ccccc2O1. The van der Waals surface area contributed by atoms with E-state index in [0.717, 1.165) is 35.5 Å². The van der Waals surface area contributed by atoms with Crippen molar-refractivity contribution in [3.63, 3.8) is 0 Å². The Labute approximate surface area is 144 Å². The number of ether oxygens (including phenoxy) is 2. The van der Waals surface area contributed by atoms with Crippen LogP contribution >= 0.6 is 0 Å². The molecule has 0 fully saturated rings. The van der Waals surface area contributed by atoms with Crippen molar-refractivity contribution < 1.29 is 9.47 Å². The van der Waals surface area contributed by atoms with E-state index in [1.807, 2.05) is 43.3 Å². The molecule has 2 heteroatoms. The smallest absolute Gasteiger partial charge is 0.313 e. The lowest BCUT2D eigenvalue weighted by atomic mass is 10.0.